The van der Waals surface area contributed by atoms with Crippen LogP contribution in [0.5, 0.6) is 0 Å². The molecule has 0 amide bonds. The van der Waals surface area contributed by atoms with Crippen molar-refractivity contribution >= 4 is 52.4 Å². The molecule has 1 N–H and O–H groups in total. The highest BCUT2D eigenvalue weighted by molar-refractivity contribution is 6.44. The fourth-order valence-corrected chi connectivity index (χ4v) is 1.97. The molecule has 1 aromatic rings. The lowest BCUT2D eigenvalue weighted by molar-refractivity contribution is -0.148. The fraction of sp³-hybridized carbons (Fsp3) is 0.385. The minimum absolute atomic E-state index is 0.0209. The third-order valence-corrected chi connectivity index (χ3v) is 3.34. The van der Waals surface area contributed by atoms with E-state index in [1.54, 1.807) is 6.92 Å². The lowest BCUT2D eigenvalue weighted by atomic mass is 10.3. The Labute approximate surface area is 137 Å². The van der Waals surface area contributed by atoms with E-state index in [4.69, 9.17) is 44.3 Å². The number of nitrogens with one attached hydrogen (secondary N) is 1. The van der Waals surface area contributed by atoms with Crippen molar-refractivity contribution in [2.75, 3.05) is 25.1 Å². The summed E-state index contributed by atoms with van der Waals surface area (Å²) in [5.41, 5.74) is 0.466. The van der Waals surface area contributed by atoms with Crippen LogP contribution in [0.25, 0.3) is 0 Å². The van der Waals surface area contributed by atoms with Gasteiger partial charge in [0, 0.05) is 0 Å². The van der Waals surface area contributed by atoms with Crippen molar-refractivity contribution in [2.45, 2.75) is 13.3 Å². The van der Waals surface area contributed by atoms with Gasteiger partial charge in [-0.25, -0.2) is 0 Å². The smallest absolute Gasteiger partial charge is 0.325 e. The van der Waals surface area contributed by atoms with E-state index in [9.17, 15) is 9.59 Å². The second kappa shape index (κ2) is 8.97. The van der Waals surface area contributed by atoms with Crippen LogP contribution in [0, 0.1) is 0 Å². The van der Waals surface area contributed by atoms with Crippen LogP contribution in [0.15, 0.2) is 12.1 Å². The molecule has 116 valence electrons. The van der Waals surface area contributed by atoms with Gasteiger partial charge in [0.15, 0.2) is 0 Å². The molecule has 0 aliphatic carbocycles. The van der Waals surface area contributed by atoms with Gasteiger partial charge in [0.05, 0.1) is 33.8 Å². The van der Waals surface area contributed by atoms with Crippen LogP contribution < -0.4 is 5.32 Å². The first kappa shape index (κ1) is 17.9. The number of halogens is 3. The number of carbonyl (C=O) groups excluding carboxylic acids is 2. The summed E-state index contributed by atoms with van der Waals surface area (Å²) in [4.78, 5) is 22.5. The summed E-state index contributed by atoms with van der Waals surface area (Å²) in [6.45, 7) is 1.86. The van der Waals surface area contributed by atoms with E-state index >= 15 is 0 Å². The summed E-state index contributed by atoms with van der Waals surface area (Å²) in [6.07, 6.45) is 0.0209. The molecule has 21 heavy (non-hydrogen) atoms. The number of benzene rings is 1. The number of esters is 2. The molecule has 5 nitrogen and oxygen atoms in total. The number of anilines is 1. The third-order valence-electron chi connectivity index (χ3n) is 2.31. The maximum absolute atomic E-state index is 11.5. The topological polar surface area (TPSA) is 64.6 Å². The molecule has 0 fully saturated rings. The molecule has 1 rings (SSSR count). The van der Waals surface area contributed by atoms with E-state index in [1.165, 1.54) is 12.1 Å². The standard InChI is InChI=1S/C13H14Cl3NO4/c1-2-20-12(18)3-4-21-13(19)7-17-11-6-9(15)8(14)5-10(11)16/h5-6,17H,2-4,7H2,1H3. The van der Waals surface area contributed by atoms with E-state index in [0.717, 1.165) is 0 Å². The summed E-state index contributed by atoms with van der Waals surface area (Å²) in [5.74, 6) is -0.938. The molecule has 0 saturated carbocycles. The van der Waals surface area contributed by atoms with Crippen molar-refractivity contribution in [2.24, 2.45) is 0 Å². The number of hydrogen-bond donors (Lipinski definition) is 1. The van der Waals surface area contributed by atoms with Gasteiger partial charge >= 0.3 is 11.9 Å². The van der Waals surface area contributed by atoms with Crippen LogP contribution in [-0.4, -0.2) is 31.7 Å². The minimum Gasteiger partial charge on any atom is -0.466 e. The Morgan fingerprint density at radius 2 is 1.71 bits per heavy atom. The lowest BCUT2D eigenvalue weighted by Crippen LogP contribution is -2.19. The molecular formula is C13H14Cl3NO4. The van der Waals surface area contributed by atoms with Gasteiger partial charge in [-0.15, -0.1) is 0 Å². The first-order valence-corrected chi connectivity index (χ1v) is 7.27. The zero-order chi connectivity index (χ0) is 15.8. The van der Waals surface area contributed by atoms with Crippen LogP contribution in [0.1, 0.15) is 13.3 Å². The average Bonchev–Trinajstić information content (AvgIpc) is 2.41. The molecule has 0 unspecified atom stereocenters. The van der Waals surface area contributed by atoms with Crippen molar-refractivity contribution in [3.8, 4) is 0 Å². The van der Waals surface area contributed by atoms with Gasteiger partial charge in [0.2, 0.25) is 0 Å². The number of carbonyl (C=O) groups is 2. The van der Waals surface area contributed by atoms with Crippen molar-refractivity contribution in [1.82, 2.24) is 0 Å². The Hall–Kier alpha value is -1.17. The highest BCUT2D eigenvalue weighted by Crippen LogP contribution is 2.32. The first-order chi connectivity index (χ1) is 9.93. The van der Waals surface area contributed by atoms with Crippen LogP contribution in [0.4, 0.5) is 5.69 Å². The highest BCUT2D eigenvalue weighted by Gasteiger charge is 2.09. The summed E-state index contributed by atoms with van der Waals surface area (Å²) >= 11 is 17.6. The molecule has 1 aromatic carbocycles. The molecular weight excluding hydrogens is 341 g/mol. The first-order valence-electron chi connectivity index (χ1n) is 6.13. The van der Waals surface area contributed by atoms with Crippen LogP contribution in [0.2, 0.25) is 15.1 Å². The maximum atomic E-state index is 11.5. The van der Waals surface area contributed by atoms with E-state index in [1.807, 2.05) is 0 Å². The van der Waals surface area contributed by atoms with Crippen molar-refractivity contribution in [3.63, 3.8) is 0 Å². The Morgan fingerprint density at radius 1 is 1.05 bits per heavy atom. The molecule has 8 heteroatoms. The summed E-state index contributed by atoms with van der Waals surface area (Å²) in [7, 11) is 0. The van der Waals surface area contributed by atoms with Gasteiger partial charge in [-0.3, -0.25) is 9.59 Å². The van der Waals surface area contributed by atoms with Gasteiger partial charge in [0.25, 0.3) is 0 Å². The molecule has 0 bridgehead atoms. The summed E-state index contributed by atoms with van der Waals surface area (Å²) in [5, 5.41) is 3.76. The van der Waals surface area contributed by atoms with E-state index in [0.29, 0.717) is 27.4 Å². The lowest BCUT2D eigenvalue weighted by Gasteiger charge is -2.09. The molecule has 0 spiro atoms. The Bertz CT molecular complexity index is 522. The van der Waals surface area contributed by atoms with Crippen LogP contribution in [-0.2, 0) is 19.1 Å². The minimum atomic E-state index is -0.526. The monoisotopic (exact) mass is 353 g/mol. The SMILES string of the molecule is CCOC(=O)CCOC(=O)CNc1cc(Cl)c(Cl)cc1Cl. The van der Waals surface area contributed by atoms with Crippen molar-refractivity contribution in [3.05, 3.63) is 27.2 Å². The largest absolute Gasteiger partial charge is 0.466 e. The number of rotatable bonds is 7. The van der Waals surface area contributed by atoms with E-state index in [2.05, 4.69) is 5.32 Å². The highest BCUT2D eigenvalue weighted by atomic mass is 35.5. The number of hydrogen-bond acceptors (Lipinski definition) is 5. The molecule has 0 radical (unpaired) electrons. The quantitative estimate of drug-likeness (QED) is 0.599. The Morgan fingerprint density at radius 3 is 2.38 bits per heavy atom. The van der Waals surface area contributed by atoms with Crippen LogP contribution >= 0.6 is 34.8 Å². The molecule has 0 aromatic heterocycles. The van der Waals surface area contributed by atoms with Gasteiger partial charge in [0.1, 0.15) is 13.2 Å². The van der Waals surface area contributed by atoms with E-state index < -0.39 is 11.9 Å². The Balaban J connectivity index is 2.36. The second-order valence-electron chi connectivity index (χ2n) is 3.88. The molecule has 0 saturated heterocycles. The predicted molar refractivity (Wildman–Crippen MR) is 82.2 cm³/mol. The molecule has 0 atom stereocenters. The van der Waals surface area contributed by atoms with E-state index in [-0.39, 0.29) is 19.6 Å². The maximum Gasteiger partial charge on any atom is 0.325 e. The molecule has 0 aliphatic heterocycles. The van der Waals surface area contributed by atoms with Gasteiger partial charge in [-0.2, -0.15) is 0 Å². The Kier molecular flexibility index (Phi) is 7.64. The predicted octanol–water partition coefficient (Wildman–Crippen LogP) is 3.56. The zero-order valence-corrected chi connectivity index (χ0v) is 13.5. The third kappa shape index (κ3) is 6.42. The van der Waals surface area contributed by atoms with Crippen LogP contribution in [0.3, 0.4) is 0 Å². The molecule has 0 aliphatic rings. The summed E-state index contributed by atoms with van der Waals surface area (Å²) < 4.78 is 9.57. The fourth-order valence-electron chi connectivity index (χ4n) is 1.36. The normalized spacial score (nSPS) is 10.1. The van der Waals surface area contributed by atoms with Gasteiger partial charge in [-0.1, -0.05) is 34.8 Å². The zero-order valence-electron chi connectivity index (χ0n) is 11.3. The number of ether oxygens (including phenoxy) is 2. The van der Waals surface area contributed by atoms with Crippen molar-refractivity contribution < 1.29 is 19.1 Å². The summed E-state index contributed by atoms with van der Waals surface area (Å²) in [6, 6.07) is 2.98. The van der Waals surface area contributed by atoms with Gasteiger partial charge in [-0.05, 0) is 19.1 Å². The van der Waals surface area contributed by atoms with Crippen molar-refractivity contribution in [1.29, 1.82) is 0 Å². The molecule has 0 heterocycles. The second-order valence-corrected chi connectivity index (χ2v) is 5.10. The van der Waals surface area contributed by atoms with Gasteiger partial charge < -0.3 is 14.8 Å². The average molecular weight is 355 g/mol.